The van der Waals surface area contributed by atoms with Gasteiger partial charge in [0.05, 0.1) is 6.54 Å². The maximum Gasteiger partial charge on any atom is 0.141 e. The molecule has 0 radical (unpaired) electrons. The van der Waals surface area contributed by atoms with Crippen LogP contribution in [0.15, 0.2) is 18.5 Å². The lowest BCUT2D eigenvalue weighted by Crippen LogP contribution is -2.37. The van der Waals surface area contributed by atoms with Gasteiger partial charge in [-0.05, 0) is 6.07 Å². The van der Waals surface area contributed by atoms with Crippen LogP contribution in [0.4, 0.5) is 0 Å². The standard InChI is InChI=1S/C11H18N4S/c1-2-13-11(14-3-1)10-12-4-5-15-6-8-16-9-7-15/h1-3,12H,4-10H2. The van der Waals surface area contributed by atoms with Gasteiger partial charge in [0.2, 0.25) is 0 Å². The molecule has 88 valence electrons. The van der Waals surface area contributed by atoms with Gasteiger partial charge in [-0.1, -0.05) is 0 Å². The Morgan fingerprint density at radius 1 is 1.25 bits per heavy atom. The fraction of sp³-hybridized carbons (Fsp3) is 0.636. The molecule has 2 rings (SSSR count). The van der Waals surface area contributed by atoms with Crippen LogP contribution in [0.5, 0.6) is 0 Å². The van der Waals surface area contributed by atoms with Crippen molar-refractivity contribution in [3.05, 3.63) is 24.3 Å². The largest absolute Gasteiger partial charge is 0.309 e. The lowest BCUT2D eigenvalue weighted by molar-refractivity contribution is 0.300. The van der Waals surface area contributed by atoms with E-state index in [2.05, 4.69) is 31.9 Å². The van der Waals surface area contributed by atoms with Crippen LogP contribution in [-0.2, 0) is 6.54 Å². The Balaban J connectivity index is 1.58. The molecule has 16 heavy (non-hydrogen) atoms. The zero-order valence-electron chi connectivity index (χ0n) is 9.43. The molecule has 1 saturated heterocycles. The molecule has 1 N–H and O–H groups in total. The maximum atomic E-state index is 4.17. The predicted octanol–water partition coefficient (Wildman–Crippen LogP) is 0.615. The number of hydrogen-bond acceptors (Lipinski definition) is 5. The van der Waals surface area contributed by atoms with E-state index in [1.54, 1.807) is 12.4 Å². The molecule has 1 aliphatic rings. The van der Waals surface area contributed by atoms with Gasteiger partial charge in [-0.2, -0.15) is 11.8 Å². The molecule has 0 aromatic carbocycles. The molecule has 1 aromatic rings. The van der Waals surface area contributed by atoms with Crippen LogP contribution in [0.2, 0.25) is 0 Å². The van der Waals surface area contributed by atoms with Crippen LogP contribution in [0.1, 0.15) is 5.82 Å². The fourth-order valence-electron chi connectivity index (χ4n) is 1.68. The van der Waals surface area contributed by atoms with Crippen molar-refractivity contribution in [2.75, 3.05) is 37.7 Å². The third-order valence-corrected chi connectivity index (χ3v) is 3.55. The minimum atomic E-state index is 0.767. The molecule has 2 heterocycles. The first-order valence-corrected chi connectivity index (χ1v) is 6.87. The average Bonchev–Trinajstić information content (AvgIpc) is 2.37. The van der Waals surface area contributed by atoms with Crippen LogP contribution in [-0.4, -0.2) is 52.6 Å². The van der Waals surface area contributed by atoms with E-state index in [9.17, 15) is 0 Å². The Kier molecular flexibility index (Phi) is 5.05. The molecule has 0 aliphatic carbocycles. The molecule has 0 saturated carbocycles. The number of nitrogens with zero attached hydrogens (tertiary/aromatic N) is 3. The number of nitrogens with one attached hydrogen (secondary N) is 1. The molecule has 1 aromatic heterocycles. The highest BCUT2D eigenvalue weighted by molar-refractivity contribution is 7.99. The normalized spacial score (nSPS) is 17.5. The highest BCUT2D eigenvalue weighted by Gasteiger charge is 2.08. The number of rotatable bonds is 5. The third-order valence-electron chi connectivity index (χ3n) is 2.61. The second-order valence-corrected chi connectivity index (χ2v) is 5.02. The second-order valence-electron chi connectivity index (χ2n) is 3.80. The first kappa shape index (κ1) is 11.8. The number of hydrogen-bond donors (Lipinski definition) is 1. The summed E-state index contributed by atoms with van der Waals surface area (Å²) in [6.45, 7) is 5.38. The lowest BCUT2D eigenvalue weighted by atomic mass is 10.4. The zero-order valence-corrected chi connectivity index (χ0v) is 10.2. The van der Waals surface area contributed by atoms with Crippen molar-refractivity contribution < 1.29 is 0 Å². The SMILES string of the molecule is c1cnc(CNCCN2CCSCC2)nc1. The minimum Gasteiger partial charge on any atom is -0.309 e. The van der Waals surface area contributed by atoms with Gasteiger partial charge in [0, 0.05) is 50.1 Å². The Morgan fingerprint density at radius 3 is 2.75 bits per heavy atom. The molecular weight excluding hydrogens is 220 g/mol. The summed E-state index contributed by atoms with van der Waals surface area (Å²) in [4.78, 5) is 10.9. The molecular formula is C11H18N4S. The van der Waals surface area contributed by atoms with Crippen LogP contribution in [0.3, 0.4) is 0 Å². The lowest BCUT2D eigenvalue weighted by Gasteiger charge is -2.25. The van der Waals surface area contributed by atoms with Crippen molar-refractivity contribution in [2.24, 2.45) is 0 Å². The summed E-state index contributed by atoms with van der Waals surface area (Å²) in [7, 11) is 0. The number of aromatic nitrogens is 2. The molecule has 4 nitrogen and oxygen atoms in total. The Morgan fingerprint density at radius 2 is 2.00 bits per heavy atom. The monoisotopic (exact) mass is 238 g/mol. The van der Waals surface area contributed by atoms with E-state index in [1.807, 2.05) is 6.07 Å². The summed E-state index contributed by atoms with van der Waals surface area (Å²) in [5.74, 6) is 3.43. The molecule has 1 fully saturated rings. The van der Waals surface area contributed by atoms with Crippen molar-refractivity contribution in [3.8, 4) is 0 Å². The van der Waals surface area contributed by atoms with Crippen LogP contribution in [0.25, 0.3) is 0 Å². The Hall–Kier alpha value is -0.650. The first-order valence-electron chi connectivity index (χ1n) is 5.72. The van der Waals surface area contributed by atoms with Gasteiger partial charge in [-0.25, -0.2) is 9.97 Å². The van der Waals surface area contributed by atoms with Crippen molar-refractivity contribution in [1.82, 2.24) is 20.2 Å². The van der Waals surface area contributed by atoms with Gasteiger partial charge in [-0.3, -0.25) is 0 Å². The van der Waals surface area contributed by atoms with Crippen molar-refractivity contribution in [3.63, 3.8) is 0 Å². The van der Waals surface area contributed by atoms with E-state index < -0.39 is 0 Å². The Labute approximate surface area is 101 Å². The van der Waals surface area contributed by atoms with Gasteiger partial charge in [0.15, 0.2) is 0 Å². The molecule has 0 spiro atoms. The summed E-state index contributed by atoms with van der Waals surface area (Å²) < 4.78 is 0. The van der Waals surface area contributed by atoms with E-state index in [-0.39, 0.29) is 0 Å². The molecule has 0 amide bonds. The van der Waals surface area contributed by atoms with Crippen molar-refractivity contribution in [1.29, 1.82) is 0 Å². The minimum absolute atomic E-state index is 0.767. The first-order chi connectivity index (χ1) is 7.95. The predicted molar refractivity (Wildman–Crippen MR) is 67.5 cm³/mol. The smallest absolute Gasteiger partial charge is 0.141 e. The molecule has 0 unspecified atom stereocenters. The van der Waals surface area contributed by atoms with E-state index in [4.69, 9.17) is 0 Å². The van der Waals surface area contributed by atoms with E-state index in [0.717, 1.165) is 25.5 Å². The summed E-state index contributed by atoms with van der Waals surface area (Å²) in [5, 5.41) is 3.38. The van der Waals surface area contributed by atoms with Crippen LogP contribution >= 0.6 is 11.8 Å². The summed E-state index contributed by atoms with van der Waals surface area (Å²) in [6, 6.07) is 1.84. The quantitative estimate of drug-likeness (QED) is 0.761. The molecule has 0 atom stereocenters. The van der Waals surface area contributed by atoms with E-state index in [0.29, 0.717) is 0 Å². The zero-order chi connectivity index (χ0) is 11.1. The van der Waals surface area contributed by atoms with Gasteiger partial charge >= 0.3 is 0 Å². The highest BCUT2D eigenvalue weighted by Crippen LogP contribution is 2.07. The topological polar surface area (TPSA) is 41.1 Å². The molecule has 1 aliphatic heterocycles. The van der Waals surface area contributed by atoms with Gasteiger partial charge < -0.3 is 10.2 Å². The number of thioether (sulfide) groups is 1. The van der Waals surface area contributed by atoms with Gasteiger partial charge in [-0.15, -0.1) is 0 Å². The second kappa shape index (κ2) is 6.83. The van der Waals surface area contributed by atoms with Gasteiger partial charge in [0.25, 0.3) is 0 Å². The van der Waals surface area contributed by atoms with Crippen molar-refractivity contribution in [2.45, 2.75) is 6.54 Å². The average molecular weight is 238 g/mol. The van der Waals surface area contributed by atoms with Crippen LogP contribution < -0.4 is 5.32 Å². The summed E-state index contributed by atoms with van der Waals surface area (Å²) in [5.41, 5.74) is 0. The third kappa shape index (κ3) is 4.08. The molecule has 5 heteroatoms. The summed E-state index contributed by atoms with van der Waals surface area (Å²) in [6.07, 6.45) is 3.57. The van der Waals surface area contributed by atoms with Gasteiger partial charge in [0.1, 0.15) is 5.82 Å². The maximum absolute atomic E-state index is 4.17. The fourth-order valence-corrected chi connectivity index (χ4v) is 2.66. The van der Waals surface area contributed by atoms with E-state index in [1.165, 1.54) is 24.6 Å². The Bertz CT molecular complexity index is 287. The van der Waals surface area contributed by atoms with Crippen molar-refractivity contribution >= 4 is 11.8 Å². The molecule has 0 bridgehead atoms. The highest BCUT2D eigenvalue weighted by atomic mass is 32.2. The van der Waals surface area contributed by atoms with E-state index >= 15 is 0 Å². The summed E-state index contributed by atoms with van der Waals surface area (Å²) >= 11 is 2.05. The van der Waals surface area contributed by atoms with Crippen LogP contribution in [0, 0.1) is 0 Å².